The minimum absolute atomic E-state index is 0.0949. The number of hydrogen-bond donors (Lipinski definition) is 0. The Morgan fingerprint density at radius 1 is 0.688 bits per heavy atom. The Hall–Kier alpha value is -3.65. The molecule has 0 radical (unpaired) electrons. The molecule has 5 heteroatoms. The van der Waals surface area contributed by atoms with Gasteiger partial charge in [0, 0.05) is 16.5 Å². The third-order valence-corrected chi connectivity index (χ3v) is 5.17. The molecule has 4 aromatic carbocycles. The van der Waals surface area contributed by atoms with Gasteiger partial charge in [-0.2, -0.15) is 0 Å². The fourth-order valence-corrected chi connectivity index (χ4v) is 3.54. The van der Waals surface area contributed by atoms with Crippen LogP contribution in [-0.4, -0.2) is 0 Å². The first-order valence-electron chi connectivity index (χ1n) is 10.0. The SMILES string of the molecule is CCCc1ccc(C#Cc2ccc(-c3ccc4c(F)c(F)c(F)cc4c3)c(F)c2)c(F)c1. The van der Waals surface area contributed by atoms with Gasteiger partial charge in [-0.05, 0) is 59.3 Å². The zero-order chi connectivity index (χ0) is 22.8. The Morgan fingerprint density at radius 3 is 2.22 bits per heavy atom. The highest BCUT2D eigenvalue weighted by atomic mass is 19.2. The third kappa shape index (κ3) is 4.22. The Bertz CT molecular complexity index is 1390. The van der Waals surface area contributed by atoms with E-state index in [0.717, 1.165) is 24.5 Å². The molecule has 0 spiro atoms. The van der Waals surface area contributed by atoms with Gasteiger partial charge in [0.1, 0.15) is 11.6 Å². The monoisotopic (exact) mass is 436 g/mol. The number of benzene rings is 4. The molecule has 0 bridgehead atoms. The summed E-state index contributed by atoms with van der Waals surface area (Å²) in [5, 5.41) is 0.0201. The predicted octanol–water partition coefficient (Wildman–Crippen LogP) is 7.55. The van der Waals surface area contributed by atoms with Crippen molar-refractivity contribution in [2.24, 2.45) is 0 Å². The largest absolute Gasteiger partial charge is 0.206 e. The Morgan fingerprint density at radius 2 is 1.50 bits per heavy atom. The number of aryl methyl sites for hydroxylation is 1. The smallest absolute Gasteiger partial charge is 0.195 e. The summed E-state index contributed by atoms with van der Waals surface area (Å²) < 4.78 is 69.8. The molecule has 0 fully saturated rings. The second-order valence-corrected chi connectivity index (χ2v) is 7.43. The molecular weight excluding hydrogens is 419 g/mol. The number of rotatable bonds is 3. The lowest BCUT2D eigenvalue weighted by Crippen LogP contribution is -1.93. The molecule has 0 saturated carbocycles. The summed E-state index contributed by atoms with van der Waals surface area (Å²) in [6, 6.07) is 14.1. The molecule has 32 heavy (non-hydrogen) atoms. The topological polar surface area (TPSA) is 0 Å². The number of fused-ring (bicyclic) bond motifs is 1. The first kappa shape index (κ1) is 21.6. The second-order valence-electron chi connectivity index (χ2n) is 7.43. The molecule has 4 aromatic rings. The first-order chi connectivity index (χ1) is 15.4. The molecular formula is C27H17F5. The summed E-state index contributed by atoms with van der Waals surface area (Å²) in [5.41, 5.74) is 2.03. The van der Waals surface area contributed by atoms with E-state index in [0.29, 0.717) is 11.1 Å². The van der Waals surface area contributed by atoms with Crippen LogP contribution in [-0.2, 0) is 6.42 Å². The second kappa shape index (κ2) is 8.84. The zero-order valence-electron chi connectivity index (χ0n) is 17.1. The van der Waals surface area contributed by atoms with Gasteiger partial charge in [-0.15, -0.1) is 0 Å². The van der Waals surface area contributed by atoms with Gasteiger partial charge in [0.05, 0.1) is 5.56 Å². The molecule has 0 aliphatic rings. The summed E-state index contributed by atoms with van der Waals surface area (Å²) in [6.45, 7) is 2.01. The van der Waals surface area contributed by atoms with Crippen molar-refractivity contribution in [1.29, 1.82) is 0 Å². The average Bonchev–Trinajstić information content (AvgIpc) is 2.77. The first-order valence-corrected chi connectivity index (χ1v) is 10.0. The van der Waals surface area contributed by atoms with E-state index in [1.54, 1.807) is 12.1 Å². The fourth-order valence-electron chi connectivity index (χ4n) is 3.54. The van der Waals surface area contributed by atoms with Gasteiger partial charge in [0.25, 0.3) is 0 Å². The molecule has 0 aliphatic carbocycles. The highest BCUT2D eigenvalue weighted by Gasteiger charge is 2.15. The maximum absolute atomic E-state index is 14.8. The van der Waals surface area contributed by atoms with Crippen molar-refractivity contribution in [3.63, 3.8) is 0 Å². The quantitative estimate of drug-likeness (QED) is 0.177. The van der Waals surface area contributed by atoms with E-state index in [4.69, 9.17) is 0 Å². The molecule has 0 N–H and O–H groups in total. The highest BCUT2D eigenvalue weighted by molar-refractivity contribution is 5.88. The molecule has 0 aliphatic heterocycles. The van der Waals surface area contributed by atoms with Gasteiger partial charge in [-0.25, -0.2) is 22.0 Å². The summed E-state index contributed by atoms with van der Waals surface area (Å²) in [6.07, 6.45) is 1.69. The molecule has 0 aromatic heterocycles. The van der Waals surface area contributed by atoms with Gasteiger partial charge in [-0.3, -0.25) is 0 Å². The molecule has 0 unspecified atom stereocenters. The van der Waals surface area contributed by atoms with Crippen molar-refractivity contribution >= 4 is 10.8 Å². The molecule has 4 rings (SSSR count). The van der Waals surface area contributed by atoms with Crippen LogP contribution in [0.3, 0.4) is 0 Å². The maximum Gasteiger partial charge on any atom is 0.195 e. The standard InChI is InChI=1S/C27H17F5/c1-2-3-16-4-7-18(23(28)12-16)8-5-17-6-10-21(24(29)13-17)19-9-11-22-20(14-19)15-25(30)27(32)26(22)31/h4,6-7,9-15H,2-3H2,1H3. The van der Waals surface area contributed by atoms with E-state index in [-0.39, 0.29) is 21.9 Å². The van der Waals surface area contributed by atoms with E-state index in [2.05, 4.69) is 11.8 Å². The van der Waals surface area contributed by atoms with Crippen LogP contribution in [0.1, 0.15) is 30.0 Å². The van der Waals surface area contributed by atoms with Gasteiger partial charge >= 0.3 is 0 Å². The van der Waals surface area contributed by atoms with Gasteiger partial charge in [-0.1, -0.05) is 49.5 Å². The van der Waals surface area contributed by atoms with Crippen molar-refractivity contribution in [2.45, 2.75) is 19.8 Å². The fraction of sp³-hybridized carbons (Fsp3) is 0.111. The lowest BCUT2D eigenvalue weighted by Gasteiger charge is -2.08. The zero-order valence-corrected chi connectivity index (χ0v) is 17.1. The predicted molar refractivity (Wildman–Crippen MR) is 116 cm³/mol. The lowest BCUT2D eigenvalue weighted by atomic mass is 9.99. The third-order valence-electron chi connectivity index (χ3n) is 5.17. The highest BCUT2D eigenvalue weighted by Crippen LogP contribution is 2.30. The van der Waals surface area contributed by atoms with Crippen LogP contribution in [0.4, 0.5) is 22.0 Å². The van der Waals surface area contributed by atoms with Crippen molar-refractivity contribution in [2.75, 3.05) is 0 Å². The van der Waals surface area contributed by atoms with Crippen LogP contribution in [0.25, 0.3) is 21.9 Å². The summed E-state index contributed by atoms with van der Waals surface area (Å²) in [5.74, 6) is 0.304. The van der Waals surface area contributed by atoms with Gasteiger partial charge in [0.2, 0.25) is 0 Å². The molecule has 0 saturated heterocycles. The van der Waals surface area contributed by atoms with Crippen LogP contribution in [0.5, 0.6) is 0 Å². The van der Waals surface area contributed by atoms with Gasteiger partial charge in [0.15, 0.2) is 17.5 Å². The van der Waals surface area contributed by atoms with E-state index in [9.17, 15) is 22.0 Å². The minimum Gasteiger partial charge on any atom is -0.206 e. The van der Waals surface area contributed by atoms with Crippen LogP contribution in [0.2, 0.25) is 0 Å². The molecule has 0 nitrogen and oxygen atoms in total. The van der Waals surface area contributed by atoms with Crippen molar-refractivity contribution in [3.8, 4) is 23.0 Å². The summed E-state index contributed by atoms with van der Waals surface area (Å²) >= 11 is 0. The van der Waals surface area contributed by atoms with Crippen LogP contribution >= 0.6 is 0 Å². The van der Waals surface area contributed by atoms with E-state index < -0.39 is 29.1 Å². The molecule has 160 valence electrons. The molecule has 0 amide bonds. The Balaban J connectivity index is 1.65. The summed E-state index contributed by atoms with van der Waals surface area (Å²) in [4.78, 5) is 0. The number of hydrogen-bond acceptors (Lipinski definition) is 0. The maximum atomic E-state index is 14.8. The Labute approximate surface area is 182 Å². The average molecular weight is 436 g/mol. The van der Waals surface area contributed by atoms with Crippen molar-refractivity contribution in [3.05, 3.63) is 106 Å². The normalized spacial score (nSPS) is 10.8. The van der Waals surface area contributed by atoms with Crippen LogP contribution < -0.4 is 0 Å². The minimum atomic E-state index is -1.55. The van der Waals surface area contributed by atoms with Crippen LogP contribution in [0, 0.1) is 40.9 Å². The van der Waals surface area contributed by atoms with E-state index in [1.807, 2.05) is 13.0 Å². The Kier molecular flexibility index (Phi) is 5.96. The van der Waals surface area contributed by atoms with E-state index >= 15 is 0 Å². The van der Waals surface area contributed by atoms with E-state index in [1.165, 1.54) is 36.4 Å². The number of halogens is 5. The summed E-state index contributed by atoms with van der Waals surface area (Å²) in [7, 11) is 0. The molecule has 0 heterocycles. The van der Waals surface area contributed by atoms with Crippen molar-refractivity contribution < 1.29 is 22.0 Å². The van der Waals surface area contributed by atoms with Crippen molar-refractivity contribution in [1.82, 2.24) is 0 Å². The van der Waals surface area contributed by atoms with Gasteiger partial charge < -0.3 is 0 Å². The lowest BCUT2D eigenvalue weighted by molar-refractivity contribution is 0.453. The van der Waals surface area contributed by atoms with Crippen LogP contribution in [0.15, 0.2) is 60.7 Å². The molecule has 0 atom stereocenters.